The third-order valence-electron chi connectivity index (χ3n) is 8.84. The van der Waals surface area contributed by atoms with Crippen LogP contribution in [0.2, 0.25) is 0 Å². The highest BCUT2D eigenvalue weighted by Gasteiger charge is 2.35. The molecule has 202 valence electrons. The average Bonchev–Trinajstić information content (AvgIpc) is 3.38. The molecule has 40 heavy (non-hydrogen) atoms. The predicted molar refractivity (Wildman–Crippen MR) is 161 cm³/mol. The molecule has 0 atom stereocenters. The fourth-order valence-electron chi connectivity index (χ4n) is 6.41. The number of aromatic nitrogens is 4. The van der Waals surface area contributed by atoms with Gasteiger partial charge in [0.1, 0.15) is 11.3 Å². The molecule has 2 fully saturated rings. The molecule has 5 heterocycles. The van der Waals surface area contributed by atoms with E-state index >= 15 is 0 Å². The first-order valence-corrected chi connectivity index (χ1v) is 14.4. The minimum atomic E-state index is 0.454. The average molecular weight is 530 g/mol. The Bertz CT molecular complexity index is 1610. The highest BCUT2D eigenvalue weighted by molar-refractivity contribution is 5.84. The summed E-state index contributed by atoms with van der Waals surface area (Å²) >= 11 is 0. The Balaban J connectivity index is 1.21. The van der Waals surface area contributed by atoms with Gasteiger partial charge >= 0.3 is 0 Å². The largest absolute Gasteiger partial charge is 0.383 e. The number of pyridine rings is 2. The van der Waals surface area contributed by atoms with Crippen molar-refractivity contribution in [3.05, 3.63) is 90.6 Å². The number of benzene rings is 2. The topological polar surface area (TPSA) is 84.9 Å². The van der Waals surface area contributed by atoms with E-state index in [0.29, 0.717) is 11.2 Å². The Labute approximate surface area is 235 Å². The fraction of sp³-hybridized carbons (Fsp3) is 0.303. The Kier molecular flexibility index (Phi) is 6.54. The molecule has 3 N–H and O–H groups in total. The summed E-state index contributed by atoms with van der Waals surface area (Å²) < 4.78 is 2.11. The molecule has 0 unspecified atom stereocenters. The van der Waals surface area contributed by atoms with Gasteiger partial charge in [0.15, 0.2) is 11.5 Å². The van der Waals surface area contributed by atoms with Crippen molar-refractivity contribution in [1.29, 1.82) is 0 Å². The number of fused-ring (bicyclic) bond motifs is 1. The van der Waals surface area contributed by atoms with Crippen molar-refractivity contribution in [2.24, 2.45) is 5.41 Å². The molecule has 2 saturated heterocycles. The summed E-state index contributed by atoms with van der Waals surface area (Å²) in [6.45, 7) is 5.71. The number of nitrogen functional groups attached to an aromatic ring is 1. The zero-order chi connectivity index (χ0) is 26.9. The van der Waals surface area contributed by atoms with Gasteiger partial charge < -0.3 is 11.1 Å². The van der Waals surface area contributed by atoms with Crippen LogP contribution in [0.3, 0.4) is 0 Å². The third-order valence-corrected chi connectivity index (χ3v) is 8.84. The quantitative estimate of drug-likeness (QED) is 0.304. The number of nitrogens with one attached hydrogen (secondary N) is 1. The van der Waals surface area contributed by atoms with Crippen LogP contribution >= 0.6 is 0 Å². The number of nitrogens with two attached hydrogens (primary N) is 1. The predicted octanol–water partition coefficient (Wildman–Crippen LogP) is 5.70. The standard InChI is InChI=1S/C33H35N7/c34-30-27(7-4-18-36-30)31-38-29-13-12-28(25-5-2-1-3-6-25)37-32(29)40(31)26-10-8-24(9-11-26)23-39-21-16-33(17-22-39)14-19-35-20-15-33/h1-13,18,35H,14-17,19-23H2,(H2,34,36). The van der Waals surface area contributed by atoms with Crippen LogP contribution in [-0.4, -0.2) is 50.6 Å². The molecule has 1 spiro atoms. The number of nitrogens with zero attached hydrogens (tertiary/aromatic N) is 5. The number of rotatable bonds is 5. The van der Waals surface area contributed by atoms with Gasteiger partial charge in [-0.3, -0.25) is 9.47 Å². The SMILES string of the molecule is Nc1ncccc1-c1nc2ccc(-c3ccccc3)nc2n1-c1ccc(CN2CCC3(CCNCC3)CC2)cc1. The molecule has 2 aliphatic rings. The minimum Gasteiger partial charge on any atom is -0.383 e. The maximum atomic E-state index is 6.33. The van der Waals surface area contributed by atoms with E-state index in [2.05, 4.69) is 56.2 Å². The van der Waals surface area contributed by atoms with Crippen molar-refractivity contribution in [3.63, 3.8) is 0 Å². The first-order valence-electron chi connectivity index (χ1n) is 14.4. The summed E-state index contributed by atoms with van der Waals surface area (Å²) in [5.41, 5.74) is 13.6. The lowest BCUT2D eigenvalue weighted by atomic mass is 9.71. The number of anilines is 1. The van der Waals surface area contributed by atoms with E-state index in [1.54, 1.807) is 6.20 Å². The minimum absolute atomic E-state index is 0.454. The van der Waals surface area contributed by atoms with Gasteiger partial charge in [-0.05, 0) is 99.2 Å². The van der Waals surface area contributed by atoms with Crippen LogP contribution in [0.5, 0.6) is 0 Å². The molecule has 5 aromatic rings. The maximum Gasteiger partial charge on any atom is 0.165 e. The van der Waals surface area contributed by atoms with Gasteiger partial charge in [-0.25, -0.2) is 15.0 Å². The summed E-state index contributed by atoms with van der Waals surface area (Å²) in [5.74, 6) is 1.20. The van der Waals surface area contributed by atoms with Crippen LogP contribution in [0, 0.1) is 5.41 Å². The van der Waals surface area contributed by atoms with Gasteiger partial charge in [0.2, 0.25) is 0 Å². The number of hydrogen-bond acceptors (Lipinski definition) is 6. The van der Waals surface area contributed by atoms with Crippen molar-refractivity contribution in [3.8, 4) is 28.3 Å². The van der Waals surface area contributed by atoms with Gasteiger partial charge in [-0.2, -0.15) is 0 Å². The highest BCUT2D eigenvalue weighted by Crippen LogP contribution is 2.40. The van der Waals surface area contributed by atoms with Crippen LogP contribution in [0.1, 0.15) is 31.2 Å². The molecule has 7 nitrogen and oxygen atoms in total. The molecule has 0 radical (unpaired) electrons. The fourth-order valence-corrected chi connectivity index (χ4v) is 6.41. The van der Waals surface area contributed by atoms with Crippen molar-refractivity contribution in [1.82, 2.24) is 29.7 Å². The molecule has 0 bridgehead atoms. The molecule has 7 heteroatoms. The second kappa shape index (κ2) is 10.5. The lowest BCUT2D eigenvalue weighted by Gasteiger charge is -2.44. The Hall–Kier alpha value is -4.07. The number of imidazole rings is 1. The lowest BCUT2D eigenvalue weighted by molar-refractivity contribution is 0.0701. The zero-order valence-electron chi connectivity index (χ0n) is 22.8. The van der Waals surface area contributed by atoms with E-state index in [9.17, 15) is 0 Å². The molecule has 3 aromatic heterocycles. The summed E-state index contributed by atoms with van der Waals surface area (Å²) in [6.07, 6.45) is 7.01. The van der Waals surface area contributed by atoms with E-state index < -0.39 is 0 Å². The molecule has 7 rings (SSSR count). The van der Waals surface area contributed by atoms with Crippen LogP contribution in [0.15, 0.2) is 85.1 Å². The molecule has 0 amide bonds. The molecule has 0 aliphatic carbocycles. The summed E-state index contributed by atoms with van der Waals surface area (Å²) in [4.78, 5) is 17.0. The van der Waals surface area contributed by atoms with Crippen LogP contribution in [0.4, 0.5) is 5.82 Å². The Morgan fingerprint density at radius 2 is 1.57 bits per heavy atom. The molecular formula is C33H35N7. The van der Waals surface area contributed by atoms with Gasteiger partial charge in [-0.15, -0.1) is 0 Å². The van der Waals surface area contributed by atoms with Crippen molar-refractivity contribution in [2.45, 2.75) is 32.2 Å². The number of piperidine rings is 2. The summed E-state index contributed by atoms with van der Waals surface area (Å²) in [6, 6.07) is 27.0. The monoisotopic (exact) mass is 529 g/mol. The van der Waals surface area contributed by atoms with Crippen molar-refractivity contribution in [2.75, 3.05) is 31.9 Å². The molecule has 0 saturated carbocycles. The molecular weight excluding hydrogens is 494 g/mol. The Morgan fingerprint density at radius 1 is 0.800 bits per heavy atom. The zero-order valence-corrected chi connectivity index (χ0v) is 22.8. The number of likely N-dealkylation sites (tertiary alicyclic amines) is 1. The van der Waals surface area contributed by atoms with Crippen molar-refractivity contribution < 1.29 is 0 Å². The lowest BCUT2D eigenvalue weighted by Crippen LogP contribution is -2.45. The smallest absolute Gasteiger partial charge is 0.165 e. The van der Waals surface area contributed by atoms with E-state index in [1.165, 1.54) is 57.4 Å². The highest BCUT2D eigenvalue weighted by atomic mass is 15.1. The van der Waals surface area contributed by atoms with E-state index in [4.69, 9.17) is 15.7 Å². The second-order valence-electron chi connectivity index (χ2n) is 11.3. The Morgan fingerprint density at radius 3 is 2.33 bits per heavy atom. The van der Waals surface area contributed by atoms with Gasteiger partial charge in [0.05, 0.1) is 11.3 Å². The second-order valence-corrected chi connectivity index (χ2v) is 11.3. The number of hydrogen-bond donors (Lipinski definition) is 2. The molecule has 2 aromatic carbocycles. The van der Waals surface area contributed by atoms with E-state index in [0.717, 1.165) is 46.0 Å². The summed E-state index contributed by atoms with van der Waals surface area (Å²) in [5, 5.41) is 3.53. The first kappa shape index (κ1) is 24.9. The first-order chi connectivity index (χ1) is 19.7. The normalized spacial score (nSPS) is 17.4. The van der Waals surface area contributed by atoms with Crippen molar-refractivity contribution >= 4 is 17.0 Å². The van der Waals surface area contributed by atoms with Crippen LogP contribution in [0.25, 0.3) is 39.5 Å². The maximum absolute atomic E-state index is 6.33. The molecule has 2 aliphatic heterocycles. The van der Waals surface area contributed by atoms with E-state index in [-0.39, 0.29) is 0 Å². The van der Waals surface area contributed by atoms with Crippen LogP contribution in [-0.2, 0) is 6.54 Å². The van der Waals surface area contributed by atoms with Gasteiger partial charge in [0.25, 0.3) is 0 Å². The van der Waals surface area contributed by atoms with Gasteiger partial charge in [-0.1, -0.05) is 42.5 Å². The van der Waals surface area contributed by atoms with Crippen LogP contribution < -0.4 is 11.1 Å². The third kappa shape index (κ3) is 4.76. The summed E-state index contributed by atoms with van der Waals surface area (Å²) in [7, 11) is 0. The van der Waals surface area contributed by atoms with E-state index in [1.807, 2.05) is 42.5 Å². The van der Waals surface area contributed by atoms with Gasteiger partial charge in [0, 0.05) is 24.0 Å².